The third-order valence-electron chi connectivity index (χ3n) is 3.75. The summed E-state index contributed by atoms with van der Waals surface area (Å²) >= 11 is 0. The van der Waals surface area contributed by atoms with Gasteiger partial charge < -0.3 is 9.73 Å². The van der Waals surface area contributed by atoms with Crippen LogP contribution in [-0.4, -0.2) is 16.3 Å². The SMILES string of the molecule is Cc1ccccc1-n1nc(-c2ccco2)c2c1NCC2. The summed E-state index contributed by atoms with van der Waals surface area (Å²) in [5.41, 5.74) is 4.50. The van der Waals surface area contributed by atoms with Gasteiger partial charge in [0.1, 0.15) is 11.5 Å². The molecule has 0 fully saturated rings. The molecule has 1 aliphatic heterocycles. The number of rotatable bonds is 2. The molecule has 1 N–H and O–H groups in total. The average molecular weight is 265 g/mol. The second-order valence-corrected chi connectivity index (χ2v) is 5.03. The van der Waals surface area contributed by atoms with Gasteiger partial charge in [0.2, 0.25) is 0 Å². The highest BCUT2D eigenvalue weighted by Crippen LogP contribution is 2.35. The van der Waals surface area contributed by atoms with E-state index in [0.29, 0.717) is 0 Å². The van der Waals surface area contributed by atoms with Gasteiger partial charge in [-0.05, 0) is 37.1 Å². The van der Waals surface area contributed by atoms with Gasteiger partial charge >= 0.3 is 0 Å². The standard InChI is InChI=1S/C16H15N3O/c1-11-5-2-3-6-13(11)19-16-12(8-9-17-16)15(18-19)14-7-4-10-20-14/h2-7,10,17H,8-9H2,1H3. The van der Waals surface area contributed by atoms with E-state index in [1.807, 2.05) is 28.9 Å². The van der Waals surface area contributed by atoms with Gasteiger partial charge in [-0.3, -0.25) is 0 Å². The Morgan fingerprint density at radius 1 is 1.20 bits per heavy atom. The zero-order valence-electron chi connectivity index (χ0n) is 11.3. The van der Waals surface area contributed by atoms with Crippen LogP contribution in [0.2, 0.25) is 0 Å². The minimum absolute atomic E-state index is 0.831. The highest BCUT2D eigenvalue weighted by molar-refractivity contribution is 5.70. The number of furan rings is 1. The fraction of sp³-hybridized carbons (Fsp3) is 0.188. The minimum Gasteiger partial charge on any atom is -0.463 e. The molecule has 1 aliphatic rings. The summed E-state index contributed by atoms with van der Waals surface area (Å²) in [7, 11) is 0. The van der Waals surface area contributed by atoms with Crippen molar-refractivity contribution < 1.29 is 4.42 Å². The predicted octanol–water partition coefficient (Wildman–Crippen LogP) is 3.41. The number of para-hydroxylation sites is 1. The Balaban J connectivity index is 1.94. The Hall–Kier alpha value is -2.49. The monoisotopic (exact) mass is 265 g/mol. The molecule has 0 spiro atoms. The lowest BCUT2D eigenvalue weighted by atomic mass is 10.1. The molecule has 20 heavy (non-hydrogen) atoms. The van der Waals surface area contributed by atoms with Crippen LogP contribution >= 0.6 is 0 Å². The van der Waals surface area contributed by atoms with E-state index in [-0.39, 0.29) is 0 Å². The fourth-order valence-corrected chi connectivity index (χ4v) is 2.76. The number of fused-ring (bicyclic) bond motifs is 1. The topological polar surface area (TPSA) is 43.0 Å². The van der Waals surface area contributed by atoms with Gasteiger partial charge in [0, 0.05) is 12.1 Å². The minimum atomic E-state index is 0.831. The molecule has 3 aromatic rings. The first-order valence-electron chi connectivity index (χ1n) is 6.80. The van der Waals surface area contributed by atoms with Crippen LogP contribution in [0.3, 0.4) is 0 Å². The Kier molecular flexibility index (Phi) is 2.42. The van der Waals surface area contributed by atoms with E-state index < -0.39 is 0 Å². The summed E-state index contributed by atoms with van der Waals surface area (Å²) in [6, 6.07) is 12.1. The number of aryl methyl sites for hydroxylation is 1. The van der Waals surface area contributed by atoms with Gasteiger partial charge in [-0.25, -0.2) is 4.68 Å². The molecular weight excluding hydrogens is 250 g/mol. The molecule has 0 atom stereocenters. The van der Waals surface area contributed by atoms with Gasteiger partial charge in [-0.15, -0.1) is 0 Å². The van der Waals surface area contributed by atoms with Crippen LogP contribution < -0.4 is 5.32 Å². The zero-order valence-corrected chi connectivity index (χ0v) is 11.3. The van der Waals surface area contributed by atoms with Crippen molar-refractivity contribution in [1.29, 1.82) is 0 Å². The van der Waals surface area contributed by atoms with E-state index in [0.717, 1.165) is 35.9 Å². The highest BCUT2D eigenvalue weighted by atomic mass is 16.3. The van der Waals surface area contributed by atoms with Crippen LogP contribution in [0.25, 0.3) is 17.1 Å². The van der Waals surface area contributed by atoms with Crippen molar-refractivity contribution in [2.24, 2.45) is 0 Å². The number of hydrogen-bond donors (Lipinski definition) is 1. The van der Waals surface area contributed by atoms with Crippen LogP contribution in [0.4, 0.5) is 5.82 Å². The smallest absolute Gasteiger partial charge is 0.154 e. The highest BCUT2D eigenvalue weighted by Gasteiger charge is 2.25. The molecule has 0 amide bonds. The van der Waals surface area contributed by atoms with E-state index in [2.05, 4.69) is 24.4 Å². The van der Waals surface area contributed by atoms with Gasteiger partial charge in [0.25, 0.3) is 0 Å². The Morgan fingerprint density at radius 2 is 2.10 bits per heavy atom. The van der Waals surface area contributed by atoms with Crippen molar-refractivity contribution in [3.05, 3.63) is 53.8 Å². The fourth-order valence-electron chi connectivity index (χ4n) is 2.76. The van der Waals surface area contributed by atoms with Crippen molar-refractivity contribution in [3.63, 3.8) is 0 Å². The molecular formula is C16H15N3O. The van der Waals surface area contributed by atoms with Crippen molar-refractivity contribution in [1.82, 2.24) is 9.78 Å². The predicted molar refractivity (Wildman–Crippen MR) is 78.2 cm³/mol. The molecule has 1 aromatic carbocycles. The Morgan fingerprint density at radius 3 is 2.90 bits per heavy atom. The molecule has 2 aromatic heterocycles. The number of aromatic nitrogens is 2. The summed E-state index contributed by atoms with van der Waals surface area (Å²) in [4.78, 5) is 0. The average Bonchev–Trinajstić information content (AvgIpc) is 3.16. The van der Waals surface area contributed by atoms with Gasteiger partial charge in [-0.1, -0.05) is 18.2 Å². The van der Waals surface area contributed by atoms with E-state index >= 15 is 0 Å². The maximum atomic E-state index is 5.52. The molecule has 0 saturated carbocycles. The van der Waals surface area contributed by atoms with Crippen LogP contribution in [0.15, 0.2) is 47.1 Å². The van der Waals surface area contributed by atoms with Gasteiger partial charge in [0.15, 0.2) is 5.76 Å². The lowest BCUT2D eigenvalue weighted by Crippen LogP contribution is -2.05. The first-order chi connectivity index (χ1) is 9.84. The van der Waals surface area contributed by atoms with Gasteiger partial charge in [-0.2, -0.15) is 5.10 Å². The Labute approximate surface area is 117 Å². The molecule has 3 heterocycles. The molecule has 0 radical (unpaired) electrons. The van der Waals surface area contributed by atoms with Crippen molar-refractivity contribution in [2.75, 3.05) is 11.9 Å². The van der Waals surface area contributed by atoms with Crippen molar-refractivity contribution in [2.45, 2.75) is 13.3 Å². The zero-order chi connectivity index (χ0) is 13.5. The summed E-state index contributed by atoms with van der Waals surface area (Å²) in [6.45, 7) is 3.05. The van der Waals surface area contributed by atoms with E-state index in [9.17, 15) is 0 Å². The molecule has 4 nitrogen and oxygen atoms in total. The van der Waals surface area contributed by atoms with Crippen molar-refractivity contribution >= 4 is 5.82 Å². The van der Waals surface area contributed by atoms with E-state index in [1.54, 1.807) is 6.26 Å². The Bertz CT molecular complexity index is 756. The van der Waals surface area contributed by atoms with Gasteiger partial charge in [0.05, 0.1) is 12.0 Å². The second kappa shape index (κ2) is 4.27. The molecule has 0 bridgehead atoms. The van der Waals surface area contributed by atoms with Crippen LogP contribution in [0.1, 0.15) is 11.1 Å². The molecule has 0 unspecified atom stereocenters. The first kappa shape index (κ1) is 11.3. The largest absolute Gasteiger partial charge is 0.463 e. The lowest BCUT2D eigenvalue weighted by molar-refractivity contribution is 0.578. The van der Waals surface area contributed by atoms with E-state index in [4.69, 9.17) is 9.52 Å². The summed E-state index contributed by atoms with van der Waals surface area (Å²) in [5.74, 6) is 1.92. The van der Waals surface area contributed by atoms with E-state index in [1.165, 1.54) is 11.1 Å². The molecule has 100 valence electrons. The molecule has 0 aliphatic carbocycles. The summed E-state index contributed by atoms with van der Waals surface area (Å²) in [6.07, 6.45) is 2.67. The first-order valence-corrected chi connectivity index (χ1v) is 6.80. The maximum absolute atomic E-state index is 5.52. The number of nitrogens with one attached hydrogen (secondary N) is 1. The third kappa shape index (κ3) is 1.58. The number of nitrogens with zero attached hydrogens (tertiary/aromatic N) is 2. The van der Waals surface area contributed by atoms with Crippen LogP contribution in [-0.2, 0) is 6.42 Å². The van der Waals surface area contributed by atoms with Crippen LogP contribution in [0.5, 0.6) is 0 Å². The molecule has 0 saturated heterocycles. The molecule has 4 rings (SSSR count). The lowest BCUT2D eigenvalue weighted by Gasteiger charge is -2.08. The number of anilines is 1. The second-order valence-electron chi connectivity index (χ2n) is 5.03. The van der Waals surface area contributed by atoms with Crippen molar-refractivity contribution in [3.8, 4) is 17.1 Å². The van der Waals surface area contributed by atoms with Crippen LogP contribution in [0, 0.1) is 6.92 Å². The number of benzene rings is 1. The third-order valence-corrected chi connectivity index (χ3v) is 3.75. The summed E-state index contributed by atoms with van der Waals surface area (Å²) in [5, 5.41) is 8.20. The molecule has 4 heteroatoms. The number of hydrogen-bond acceptors (Lipinski definition) is 3. The summed E-state index contributed by atoms with van der Waals surface area (Å²) < 4.78 is 7.52. The normalized spacial score (nSPS) is 13.2. The maximum Gasteiger partial charge on any atom is 0.154 e. The quantitative estimate of drug-likeness (QED) is 0.772.